The number of aromatic amines is 1. The lowest BCUT2D eigenvalue weighted by Crippen LogP contribution is -2.10. The van der Waals surface area contributed by atoms with Crippen LogP contribution in [0, 0.1) is 0 Å². The number of H-pyrrole nitrogens is 1. The highest BCUT2D eigenvalue weighted by Gasteiger charge is 2.13. The van der Waals surface area contributed by atoms with E-state index in [1.807, 2.05) is 18.2 Å². The summed E-state index contributed by atoms with van der Waals surface area (Å²) in [4.78, 5) is 7.92. The van der Waals surface area contributed by atoms with E-state index in [-0.39, 0.29) is 5.41 Å². The van der Waals surface area contributed by atoms with E-state index >= 15 is 0 Å². The maximum Gasteiger partial charge on any atom is 0.138 e. The molecule has 0 amide bonds. The Morgan fingerprint density at radius 1 is 1.00 bits per heavy atom. The molecule has 0 saturated heterocycles. The second-order valence-electron chi connectivity index (χ2n) is 6.19. The van der Waals surface area contributed by atoms with Crippen LogP contribution in [0.25, 0.3) is 22.4 Å². The van der Waals surface area contributed by atoms with Crippen molar-refractivity contribution >= 4 is 16.7 Å². The summed E-state index contributed by atoms with van der Waals surface area (Å²) < 4.78 is 0. The van der Waals surface area contributed by atoms with Crippen LogP contribution in [0.3, 0.4) is 0 Å². The number of hydrogen-bond acceptors (Lipinski definition) is 2. The number of aromatic nitrogens is 2. The molecule has 2 aromatic carbocycles. The van der Waals surface area contributed by atoms with Gasteiger partial charge in [0.05, 0.1) is 11.0 Å². The number of imidazole rings is 1. The average molecular weight is 265 g/mol. The van der Waals surface area contributed by atoms with E-state index in [1.165, 1.54) is 5.56 Å². The smallest absolute Gasteiger partial charge is 0.138 e. The number of nitrogens with two attached hydrogens (primary N) is 1. The number of rotatable bonds is 1. The van der Waals surface area contributed by atoms with Crippen LogP contribution in [-0.4, -0.2) is 9.97 Å². The Morgan fingerprint density at radius 2 is 1.70 bits per heavy atom. The SMILES string of the molecule is CC(C)(C)c1ccc(-c2nc3ccc(N)cc3[nH]2)cc1. The molecule has 0 saturated carbocycles. The summed E-state index contributed by atoms with van der Waals surface area (Å²) in [5.41, 5.74) is 11.0. The third kappa shape index (κ3) is 2.27. The molecular weight excluding hydrogens is 246 g/mol. The van der Waals surface area contributed by atoms with Crippen LogP contribution in [0.4, 0.5) is 5.69 Å². The van der Waals surface area contributed by atoms with Gasteiger partial charge in [0, 0.05) is 11.3 Å². The van der Waals surface area contributed by atoms with E-state index in [4.69, 9.17) is 5.73 Å². The predicted octanol–water partition coefficient (Wildman–Crippen LogP) is 4.11. The number of fused-ring (bicyclic) bond motifs is 1. The zero-order chi connectivity index (χ0) is 14.3. The van der Waals surface area contributed by atoms with Gasteiger partial charge in [-0.3, -0.25) is 0 Å². The molecule has 0 bridgehead atoms. The zero-order valence-corrected chi connectivity index (χ0v) is 12.1. The molecule has 3 N–H and O–H groups in total. The average Bonchev–Trinajstić information content (AvgIpc) is 2.80. The Hall–Kier alpha value is -2.29. The van der Waals surface area contributed by atoms with Gasteiger partial charge in [-0.25, -0.2) is 4.98 Å². The standard InChI is InChI=1S/C17H19N3/c1-17(2,3)12-6-4-11(5-7-12)16-19-14-9-8-13(18)10-15(14)20-16/h4-10H,18H2,1-3H3,(H,19,20). The van der Waals surface area contributed by atoms with Crippen LogP contribution in [0.5, 0.6) is 0 Å². The largest absolute Gasteiger partial charge is 0.399 e. The fraction of sp³-hybridized carbons (Fsp3) is 0.235. The summed E-state index contributed by atoms with van der Waals surface area (Å²) in [5, 5.41) is 0. The monoisotopic (exact) mass is 265 g/mol. The number of nitrogens with zero attached hydrogens (tertiary/aromatic N) is 1. The lowest BCUT2D eigenvalue weighted by molar-refractivity contribution is 0.590. The first-order valence-corrected chi connectivity index (χ1v) is 6.80. The molecule has 20 heavy (non-hydrogen) atoms. The highest BCUT2D eigenvalue weighted by Crippen LogP contribution is 2.26. The van der Waals surface area contributed by atoms with Crippen molar-refractivity contribution in [1.82, 2.24) is 9.97 Å². The van der Waals surface area contributed by atoms with Crippen LogP contribution in [-0.2, 0) is 5.41 Å². The van der Waals surface area contributed by atoms with Crippen molar-refractivity contribution in [3.05, 3.63) is 48.0 Å². The van der Waals surface area contributed by atoms with Crippen molar-refractivity contribution in [1.29, 1.82) is 0 Å². The molecular formula is C17H19N3. The highest BCUT2D eigenvalue weighted by atomic mass is 14.9. The van der Waals surface area contributed by atoms with Crippen molar-refractivity contribution < 1.29 is 0 Å². The first kappa shape index (κ1) is 12.7. The number of benzene rings is 2. The lowest BCUT2D eigenvalue weighted by Gasteiger charge is -2.18. The fourth-order valence-corrected chi connectivity index (χ4v) is 2.29. The van der Waals surface area contributed by atoms with Gasteiger partial charge < -0.3 is 10.7 Å². The Balaban J connectivity index is 2.02. The van der Waals surface area contributed by atoms with Gasteiger partial charge in [-0.15, -0.1) is 0 Å². The number of anilines is 1. The van der Waals surface area contributed by atoms with Crippen molar-refractivity contribution in [2.24, 2.45) is 0 Å². The summed E-state index contributed by atoms with van der Waals surface area (Å²) >= 11 is 0. The quantitative estimate of drug-likeness (QED) is 0.650. The van der Waals surface area contributed by atoms with E-state index < -0.39 is 0 Å². The maximum atomic E-state index is 5.79. The van der Waals surface area contributed by atoms with Crippen molar-refractivity contribution in [2.45, 2.75) is 26.2 Å². The van der Waals surface area contributed by atoms with Crippen LogP contribution in [0.2, 0.25) is 0 Å². The molecule has 0 spiro atoms. The van der Waals surface area contributed by atoms with Crippen LogP contribution in [0.1, 0.15) is 26.3 Å². The van der Waals surface area contributed by atoms with Gasteiger partial charge in [-0.2, -0.15) is 0 Å². The molecule has 0 unspecified atom stereocenters. The summed E-state index contributed by atoms with van der Waals surface area (Å²) in [6, 6.07) is 14.3. The minimum Gasteiger partial charge on any atom is -0.399 e. The molecule has 0 aliphatic rings. The summed E-state index contributed by atoms with van der Waals surface area (Å²) in [5.74, 6) is 0.881. The molecule has 1 heterocycles. The molecule has 1 aromatic heterocycles. The third-order valence-electron chi connectivity index (χ3n) is 3.53. The molecule has 0 aliphatic heterocycles. The van der Waals surface area contributed by atoms with Gasteiger partial charge >= 0.3 is 0 Å². The van der Waals surface area contributed by atoms with E-state index in [9.17, 15) is 0 Å². The van der Waals surface area contributed by atoms with Gasteiger partial charge in [0.2, 0.25) is 0 Å². The van der Waals surface area contributed by atoms with Crippen molar-refractivity contribution in [3.63, 3.8) is 0 Å². The fourth-order valence-electron chi connectivity index (χ4n) is 2.29. The molecule has 102 valence electrons. The minimum absolute atomic E-state index is 0.168. The van der Waals surface area contributed by atoms with Gasteiger partial charge in [0.1, 0.15) is 5.82 Å². The molecule has 3 nitrogen and oxygen atoms in total. The summed E-state index contributed by atoms with van der Waals surface area (Å²) in [6.07, 6.45) is 0. The normalized spacial score (nSPS) is 11.9. The zero-order valence-electron chi connectivity index (χ0n) is 12.1. The topological polar surface area (TPSA) is 54.7 Å². The lowest BCUT2D eigenvalue weighted by atomic mass is 9.87. The molecule has 3 rings (SSSR count). The molecule has 3 aromatic rings. The second-order valence-corrected chi connectivity index (χ2v) is 6.19. The molecule has 0 aliphatic carbocycles. The Kier molecular flexibility index (Phi) is 2.78. The third-order valence-corrected chi connectivity index (χ3v) is 3.53. The van der Waals surface area contributed by atoms with E-state index in [2.05, 4.69) is 55.0 Å². The first-order valence-electron chi connectivity index (χ1n) is 6.80. The maximum absolute atomic E-state index is 5.79. The Morgan fingerprint density at radius 3 is 2.35 bits per heavy atom. The number of nitrogen functional groups attached to an aromatic ring is 1. The minimum atomic E-state index is 0.168. The van der Waals surface area contributed by atoms with Gasteiger partial charge in [-0.05, 0) is 29.2 Å². The number of nitrogens with one attached hydrogen (secondary N) is 1. The highest BCUT2D eigenvalue weighted by molar-refractivity contribution is 5.82. The summed E-state index contributed by atoms with van der Waals surface area (Å²) in [6.45, 7) is 6.64. The van der Waals surface area contributed by atoms with Gasteiger partial charge in [0.15, 0.2) is 0 Å². The first-order chi connectivity index (χ1) is 9.43. The van der Waals surface area contributed by atoms with Gasteiger partial charge in [-0.1, -0.05) is 45.0 Å². The van der Waals surface area contributed by atoms with Crippen LogP contribution < -0.4 is 5.73 Å². The van der Waals surface area contributed by atoms with Crippen LogP contribution >= 0.6 is 0 Å². The van der Waals surface area contributed by atoms with E-state index in [0.29, 0.717) is 0 Å². The summed E-state index contributed by atoms with van der Waals surface area (Å²) in [7, 11) is 0. The van der Waals surface area contributed by atoms with Crippen LogP contribution in [0.15, 0.2) is 42.5 Å². The molecule has 0 atom stereocenters. The van der Waals surface area contributed by atoms with E-state index in [0.717, 1.165) is 28.1 Å². The number of hydrogen-bond donors (Lipinski definition) is 2. The molecule has 0 fully saturated rings. The van der Waals surface area contributed by atoms with Crippen molar-refractivity contribution in [3.8, 4) is 11.4 Å². The molecule has 3 heteroatoms. The van der Waals surface area contributed by atoms with E-state index in [1.54, 1.807) is 0 Å². The molecule has 0 radical (unpaired) electrons. The Labute approximate surface area is 118 Å². The Bertz CT molecular complexity index is 746. The predicted molar refractivity (Wildman–Crippen MR) is 84.6 cm³/mol. The van der Waals surface area contributed by atoms with Gasteiger partial charge in [0.25, 0.3) is 0 Å². The van der Waals surface area contributed by atoms with Crippen molar-refractivity contribution in [2.75, 3.05) is 5.73 Å². The second kappa shape index (κ2) is 4.37.